The van der Waals surface area contributed by atoms with Gasteiger partial charge >= 0.3 is 0 Å². The van der Waals surface area contributed by atoms with Crippen molar-refractivity contribution in [2.24, 2.45) is 0 Å². The second-order valence-electron chi connectivity index (χ2n) is 11.2. The van der Waals surface area contributed by atoms with E-state index in [0.717, 1.165) is 72.5 Å². The maximum atomic E-state index is 14.2. The Kier molecular flexibility index (Phi) is 9.69. The highest BCUT2D eigenvalue weighted by Gasteiger charge is 2.49. The van der Waals surface area contributed by atoms with Crippen LogP contribution in [0.1, 0.15) is 124 Å². The monoisotopic (exact) mass is 552 g/mol. The van der Waals surface area contributed by atoms with E-state index in [4.69, 9.17) is 0 Å². The van der Waals surface area contributed by atoms with E-state index in [-0.39, 0.29) is 11.8 Å². The summed E-state index contributed by atoms with van der Waals surface area (Å²) in [6.45, 7) is 14.5. The smallest absolute Gasteiger partial charge is 0.261 e. The van der Waals surface area contributed by atoms with Crippen molar-refractivity contribution in [3.63, 3.8) is 0 Å². The Morgan fingerprint density at radius 3 is 1.32 bits per heavy atom. The van der Waals surface area contributed by atoms with Gasteiger partial charge in [0.25, 0.3) is 11.8 Å². The predicted octanol–water partition coefficient (Wildman–Crippen LogP) is 9.02. The zero-order valence-corrected chi connectivity index (χ0v) is 25.7. The van der Waals surface area contributed by atoms with Gasteiger partial charge in [0.15, 0.2) is 0 Å². The van der Waals surface area contributed by atoms with Crippen LogP contribution in [0, 0.1) is 0 Å². The largest absolute Gasteiger partial charge is 0.306 e. The Bertz CT molecular complexity index is 1120. The molecule has 0 spiro atoms. The second kappa shape index (κ2) is 12.8. The molecule has 0 N–H and O–H groups in total. The van der Waals surface area contributed by atoms with E-state index < -0.39 is 0 Å². The second-order valence-corrected chi connectivity index (χ2v) is 13.4. The lowest BCUT2D eigenvalue weighted by Crippen LogP contribution is -2.30. The van der Waals surface area contributed by atoms with Gasteiger partial charge in [-0.2, -0.15) is 0 Å². The molecule has 0 bridgehead atoms. The molecule has 2 aliphatic rings. The van der Waals surface area contributed by atoms with Crippen LogP contribution in [-0.4, -0.2) is 34.7 Å². The quantitative estimate of drug-likeness (QED) is 0.219. The summed E-state index contributed by atoms with van der Waals surface area (Å²) in [5.41, 5.74) is 2.95. The first-order valence-corrected chi connectivity index (χ1v) is 16.3. The van der Waals surface area contributed by atoms with Crippen molar-refractivity contribution in [3.8, 4) is 0 Å². The summed E-state index contributed by atoms with van der Waals surface area (Å²) < 4.78 is 0. The molecule has 0 saturated heterocycles. The average Bonchev–Trinajstić information content (AvgIpc) is 3.66. The Hall–Kier alpha value is -2.18. The van der Waals surface area contributed by atoms with Gasteiger partial charge in [-0.15, -0.1) is 22.7 Å². The Labute approximate surface area is 237 Å². The maximum Gasteiger partial charge on any atom is 0.261 e. The van der Waals surface area contributed by atoms with Gasteiger partial charge in [-0.25, -0.2) is 0 Å². The summed E-state index contributed by atoms with van der Waals surface area (Å²) in [4.78, 5) is 37.0. The zero-order valence-electron chi connectivity index (χ0n) is 24.1. The van der Waals surface area contributed by atoms with E-state index in [1.807, 2.05) is 9.80 Å². The number of hydrogen-bond acceptors (Lipinski definition) is 4. The van der Waals surface area contributed by atoms with E-state index in [1.165, 1.54) is 9.75 Å². The third-order valence-corrected chi connectivity index (χ3v) is 10.3. The minimum atomic E-state index is 0.00454. The van der Waals surface area contributed by atoms with Crippen LogP contribution in [0.2, 0.25) is 0 Å². The third kappa shape index (κ3) is 5.72. The van der Waals surface area contributed by atoms with Crippen LogP contribution in [0.3, 0.4) is 0 Å². The molecule has 4 rings (SSSR count). The van der Waals surface area contributed by atoms with Crippen LogP contribution in [-0.2, 0) is 9.59 Å². The number of unbranched alkanes of at least 4 members (excludes halogenated alkanes) is 6. The van der Waals surface area contributed by atoms with Gasteiger partial charge in [0, 0.05) is 22.8 Å². The Morgan fingerprint density at radius 2 is 1.00 bits per heavy atom. The molecule has 6 heteroatoms. The van der Waals surface area contributed by atoms with Crippen LogP contribution in [0.4, 0.5) is 0 Å². The molecular weight excluding hydrogens is 508 g/mol. The fraction of sp³-hybridized carbons (Fsp3) is 0.562. The van der Waals surface area contributed by atoms with E-state index in [0.29, 0.717) is 36.1 Å². The number of thiophene rings is 2. The normalized spacial score (nSPS) is 15.9. The molecule has 0 unspecified atom stereocenters. The van der Waals surface area contributed by atoms with E-state index in [9.17, 15) is 9.59 Å². The maximum absolute atomic E-state index is 14.2. The molecule has 0 saturated carbocycles. The Balaban J connectivity index is 1.84. The van der Waals surface area contributed by atoms with Gasteiger partial charge in [0.2, 0.25) is 0 Å². The number of fused-ring (bicyclic) bond motifs is 1. The summed E-state index contributed by atoms with van der Waals surface area (Å²) in [5.74, 6) is 0.833. The first-order valence-electron chi connectivity index (χ1n) is 14.6. The van der Waals surface area contributed by atoms with Crippen molar-refractivity contribution in [2.45, 2.75) is 105 Å². The van der Waals surface area contributed by atoms with Crippen molar-refractivity contribution in [1.82, 2.24) is 9.80 Å². The SMILES string of the molecule is CCCCCCN1C(=O)C2=C(c3ccc(C(C)C)s3)N(CCCCCC)C(=O)C2=C1c1ccc(C(C)C)s1. The topological polar surface area (TPSA) is 40.6 Å². The molecule has 0 aromatic carbocycles. The highest BCUT2D eigenvalue weighted by molar-refractivity contribution is 7.13. The van der Waals surface area contributed by atoms with Crippen molar-refractivity contribution in [1.29, 1.82) is 0 Å². The molecule has 0 radical (unpaired) electrons. The molecule has 0 fully saturated rings. The minimum Gasteiger partial charge on any atom is -0.306 e. The van der Waals surface area contributed by atoms with Crippen LogP contribution in [0.15, 0.2) is 35.4 Å². The highest BCUT2D eigenvalue weighted by Crippen LogP contribution is 2.49. The number of hydrogen-bond donors (Lipinski definition) is 0. The van der Waals surface area contributed by atoms with Crippen molar-refractivity contribution >= 4 is 45.9 Å². The summed E-state index contributed by atoms with van der Waals surface area (Å²) in [5, 5.41) is 0. The van der Waals surface area contributed by atoms with Crippen molar-refractivity contribution in [3.05, 3.63) is 54.9 Å². The molecule has 0 atom stereocenters. The first kappa shape index (κ1) is 28.8. The highest BCUT2D eigenvalue weighted by atomic mass is 32.1. The summed E-state index contributed by atoms with van der Waals surface area (Å²) >= 11 is 3.45. The van der Waals surface area contributed by atoms with Crippen LogP contribution in [0.25, 0.3) is 11.4 Å². The molecular formula is C32H44N2O2S2. The zero-order chi connectivity index (χ0) is 27.4. The van der Waals surface area contributed by atoms with Crippen LogP contribution < -0.4 is 0 Å². The van der Waals surface area contributed by atoms with Gasteiger partial charge < -0.3 is 9.80 Å². The molecule has 206 valence electrons. The lowest BCUT2D eigenvalue weighted by molar-refractivity contribution is -0.124. The number of rotatable bonds is 14. The van der Waals surface area contributed by atoms with E-state index >= 15 is 0 Å². The van der Waals surface area contributed by atoms with Gasteiger partial charge in [-0.3, -0.25) is 9.59 Å². The molecule has 0 aliphatic carbocycles. The van der Waals surface area contributed by atoms with Gasteiger partial charge in [-0.05, 0) is 48.9 Å². The standard InChI is InChI=1S/C32H44N2O2S2/c1-7-9-11-13-19-33-29(25-17-15-23(37-25)21(3)4)27-28(31(33)35)30(26-18-16-24(38-26)22(5)6)34(32(27)36)20-14-12-10-8-2/h15-18,21-22H,7-14,19-20H2,1-6H3. The van der Waals surface area contributed by atoms with Gasteiger partial charge in [0.1, 0.15) is 0 Å². The van der Waals surface area contributed by atoms with Crippen LogP contribution in [0.5, 0.6) is 0 Å². The predicted molar refractivity (Wildman–Crippen MR) is 162 cm³/mol. The fourth-order valence-electron chi connectivity index (χ4n) is 5.31. The summed E-state index contributed by atoms with van der Waals surface area (Å²) in [7, 11) is 0. The number of nitrogens with zero attached hydrogens (tertiary/aromatic N) is 2. The lowest BCUT2D eigenvalue weighted by atomic mass is 10.1. The molecule has 4 heterocycles. The molecule has 2 aromatic heterocycles. The fourth-order valence-corrected chi connectivity index (χ4v) is 7.45. The van der Waals surface area contributed by atoms with Gasteiger partial charge in [-0.1, -0.05) is 80.1 Å². The number of carbonyl (C=O) groups is 2. The number of carbonyl (C=O) groups excluding carboxylic acids is 2. The summed E-state index contributed by atoms with van der Waals surface area (Å²) in [6.07, 6.45) is 8.72. The van der Waals surface area contributed by atoms with Crippen molar-refractivity contribution < 1.29 is 9.59 Å². The van der Waals surface area contributed by atoms with E-state index in [2.05, 4.69) is 65.8 Å². The third-order valence-electron chi connectivity index (χ3n) is 7.51. The van der Waals surface area contributed by atoms with Gasteiger partial charge in [0.05, 0.1) is 32.3 Å². The number of amides is 2. The average molecular weight is 553 g/mol. The molecule has 4 nitrogen and oxygen atoms in total. The molecule has 2 amide bonds. The lowest BCUT2D eigenvalue weighted by Gasteiger charge is -2.24. The summed E-state index contributed by atoms with van der Waals surface area (Å²) in [6, 6.07) is 8.57. The first-order chi connectivity index (χ1) is 18.3. The molecule has 2 aliphatic heterocycles. The molecule has 38 heavy (non-hydrogen) atoms. The Morgan fingerprint density at radius 1 is 0.605 bits per heavy atom. The minimum absolute atomic E-state index is 0.00454. The van der Waals surface area contributed by atoms with Crippen LogP contribution >= 0.6 is 22.7 Å². The molecule has 2 aromatic rings. The van der Waals surface area contributed by atoms with Crippen molar-refractivity contribution in [2.75, 3.05) is 13.1 Å². The van der Waals surface area contributed by atoms with E-state index in [1.54, 1.807) is 22.7 Å².